The first-order valence-electron chi connectivity index (χ1n) is 24.7. The summed E-state index contributed by atoms with van der Waals surface area (Å²) in [5, 5.41) is 9.63. The Balaban J connectivity index is 0.932. The third-order valence-electron chi connectivity index (χ3n) is 14.4. The number of hydrogen-bond acceptors (Lipinski definition) is 2. The van der Waals surface area contributed by atoms with E-state index in [1.165, 1.54) is 70.7 Å². The topological polar surface area (TPSA) is 16.3 Å². The minimum absolute atomic E-state index is 1.08. The summed E-state index contributed by atoms with van der Waals surface area (Å²) in [4.78, 5) is 4.85. The molecule has 14 aromatic rings. The molecule has 2 aromatic heterocycles. The van der Waals surface area contributed by atoms with Crippen molar-refractivity contribution in [3.05, 3.63) is 279 Å². The molecule has 0 aliphatic heterocycles. The molecule has 0 amide bonds. The lowest BCUT2D eigenvalue weighted by Gasteiger charge is -2.30. The summed E-state index contributed by atoms with van der Waals surface area (Å²) in [5.41, 5.74) is 16.0. The third-order valence-corrected chi connectivity index (χ3v) is 14.4. The molecule has 0 saturated carbocycles. The smallest absolute Gasteiger partial charge is 0.0618 e. The second-order valence-electron chi connectivity index (χ2n) is 18.5. The van der Waals surface area contributed by atoms with Gasteiger partial charge in [-0.05, 0) is 131 Å². The van der Waals surface area contributed by atoms with Crippen molar-refractivity contribution in [1.29, 1.82) is 0 Å². The van der Waals surface area contributed by atoms with Crippen molar-refractivity contribution in [1.82, 2.24) is 9.13 Å². The summed E-state index contributed by atoms with van der Waals surface area (Å²) in [6.45, 7) is 0. The van der Waals surface area contributed by atoms with Crippen LogP contribution in [-0.2, 0) is 0 Å². The number of rotatable bonds is 9. The van der Waals surface area contributed by atoms with Gasteiger partial charge in [-0.25, -0.2) is 0 Å². The van der Waals surface area contributed by atoms with E-state index in [9.17, 15) is 0 Å². The van der Waals surface area contributed by atoms with Crippen molar-refractivity contribution >= 4 is 99.3 Å². The molecular formula is C68H46N4. The fourth-order valence-electron chi connectivity index (χ4n) is 11.4. The number of anilines is 6. The summed E-state index contributed by atoms with van der Waals surface area (Å²) in [7, 11) is 0. The molecule has 0 unspecified atom stereocenters. The van der Waals surface area contributed by atoms with Crippen molar-refractivity contribution in [2.75, 3.05) is 9.80 Å². The molecular weight excluding hydrogens is 873 g/mol. The van der Waals surface area contributed by atoms with Crippen LogP contribution in [-0.4, -0.2) is 9.13 Å². The number of aromatic nitrogens is 2. The van der Waals surface area contributed by atoms with Gasteiger partial charge in [0.25, 0.3) is 0 Å². The van der Waals surface area contributed by atoms with E-state index in [4.69, 9.17) is 0 Å². The molecule has 12 aromatic carbocycles. The number of para-hydroxylation sites is 6. The number of hydrogen-bond donors (Lipinski definition) is 0. The summed E-state index contributed by atoms with van der Waals surface area (Å²) in [6.07, 6.45) is 0. The van der Waals surface area contributed by atoms with E-state index in [1.807, 2.05) is 0 Å². The van der Waals surface area contributed by atoms with Crippen molar-refractivity contribution in [3.8, 4) is 22.5 Å². The molecule has 0 spiro atoms. The molecule has 0 saturated heterocycles. The molecule has 0 bridgehead atoms. The van der Waals surface area contributed by atoms with E-state index in [-0.39, 0.29) is 0 Å². The zero-order valence-electron chi connectivity index (χ0n) is 39.3. The van der Waals surface area contributed by atoms with Gasteiger partial charge in [0.15, 0.2) is 0 Å². The second-order valence-corrected chi connectivity index (χ2v) is 18.5. The normalized spacial score (nSPS) is 11.6. The highest BCUT2D eigenvalue weighted by atomic mass is 15.2. The Morgan fingerprint density at radius 3 is 1.03 bits per heavy atom. The van der Waals surface area contributed by atoms with E-state index in [0.29, 0.717) is 0 Å². The lowest BCUT2D eigenvalue weighted by molar-refractivity contribution is 1.18. The average molecular weight is 919 g/mol. The van der Waals surface area contributed by atoms with E-state index < -0.39 is 0 Å². The lowest BCUT2D eigenvalue weighted by Crippen LogP contribution is -2.11. The van der Waals surface area contributed by atoms with E-state index in [0.717, 1.165) is 51.1 Å². The number of benzene rings is 12. The second kappa shape index (κ2) is 17.1. The van der Waals surface area contributed by atoms with Gasteiger partial charge in [0.2, 0.25) is 0 Å². The van der Waals surface area contributed by atoms with E-state index in [1.54, 1.807) is 0 Å². The van der Waals surface area contributed by atoms with Crippen LogP contribution >= 0.6 is 0 Å². The van der Waals surface area contributed by atoms with E-state index in [2.05, 4.69) is 298 Å². The zero-order valence-corrected chi connectivity index (χ0v) is 39.3. The van der Waals surface area contributed by atoms with Gasteiger partial charge in [0, 0.05) is 72.1 Å². The summed E-state index contributed by atoms with van der Waals surface area (Å²) >= 11 is 0. The van der Waals surface area contributed by atoms with Gasteiger partial charge in [-0.3, -0.25) is 0 Å². The Kier molecular flexibility index (Phi) is 9.82. The van der Waals surface area contributed by atoms with Crippen LogP contribution in [0.3, 0.4) is 0 Å². The van der Waals surface area contributed by atoms with Gasteiger partial charge in [0.1, 0.15) is 0 Å². The van der Waals surface area contributed by atoms with Gasteiger partial charge in [0.05, 0.1) is 27.8 Å². The maximum absolute atomic E-state index is 2.47. The Labute approximate surface area is 417 Å². The van der Waals surface area contributed by atoms with Gasteiger partial charge < -0.3 is 18.9 Å². The molecule has 2 heterocycles. The molecule has 0 radical (unpaired) electrons. The standard InChI is InChI=1S/C68H46N4/c1-5-21-48(22-6-1)69(53-41-43-65-61(45-53)55-29-17-19-35-63(55)71(65)50-25-9-3-10-26-50)52-39-37-47(38-40-52)67-57-31-13-15-33-59(57)68(60-34-16-14-32-58(60)67)70(49-23-7-2-8-24-49)54-42-44-66-62(46-54)56-30-18-20-36-64(56)72(66)51-27-11-4-12-28-51/h1-46H. The average Bonchev–Trinajstić information content (AvgIpc) is 3.97. The molecule has 0 fully saturated rings. The van der Waals surface area contributed by atoms with Crippen LogP contribution in [0.1, 0.15) is 0 Å². The lowest BCUT2D eigenvalue weighted by atomic mass is 9.89. The van der Waals surface area contributed by atoms with Crippen LogP contribution in [0.15, 0.2) is 279 Å². The Morgan fingerprint density at radius 1 is 0.222 bits per heavy atom. The number of fused-ring (bicyclic) bond motifs is 8. The first kappa shape index (κ1) is 41.3. The third kappa shape index (κ3) is 6.69. The SMILES string of the molecule is c1ccc(N(c2ccc(-c3c4ccccc4c(N(c4ccccc4)c4ccc5c(c4)c4ccccc4n5-c4ccccc4)c4ccccc34)cc2)c2ccc3c(c2)c2ccccc2n3-c2ccccc2)cc1. The van der Waals surface area contributed by atoms with Crippen LogP contribution in [0.25, 0.3) is 87.7 Å². The number of nitrogens with zero attached hydrogens (tertiary/aromatic N) is 4. The molecule has 338 valence electrons. The largest absolute Gasteiger partial charge is 0.310 e. The minimum Gasteiger partial charge on any atom is -0.310 e. The first-order chi connectivity index (χ1) is 35.8. The molecule has 0 N–H and O–H groups in total. The van der Waals surface area contributed by atoms with Crippen LogP contribution in [0.4, 0.5) is 34.1 Å². The highest BCUT2D eigenvalue weighted by molar-refractivity contribution is 6.23. The van der Waals surface area contributed by atoms with Crippen LogP contribution in [0.2, 0.25) is 0 Å². The Morgan fingerprint density at radius 2 is 0.556 bits per heavy atom. The highest BCUT2D eigenvalue weighted by Crippen LogP contribution is 2.50. The summed E-state index contributed by atoms with van der Waals surface area (Å²) in [6, 6.07) is 101. The molecule has 0 aliphatic rings. The van der Waals surface area contributed by atoms with Gasteiger partial charge >= 0.3 is 0 Å². The molecule has 72 heavy (non-hydrogen) atoms. The van der Waals surface area contributed by atoms with Crippen LogP contribution in [0, 0.1) is 0 Å². The maximum Gasteiger partial charge on any atom is 0.0618 e. The molecule has 4 heteroatoms. The van der Waals surface area contributed by atoms with Crippen molar-refractivity contribution in [3.63, 3.8) is 0 Å². The zero-order chi connectivity index (χ0) is 47.5. The summed E-state index contributed by atoms with van der Waals surface area (Å²) < 4.78 is 4.76. The van der Waals surface area contributed by atoms with E-state index >= 15 is 0 Å². The monoisotopic (exact) mass is 918 g/mol. The fourth-order valence-corrected chi connectivity index (χ4v) is 11.4. The predicted molar refractivity (Wildman–Crippen MR) is 305 cm³/mol. The highest BCUT2D eigenvalue weighted by Gasteiger charge is 2.24. The van der Waals surface area contributed by atoms with Crippen molar-refractivity contribution < 1.29 is 0 Å². The van der Waals surface area contributed by atoms with Gasteiger partial charge in [-0.2, -0.15) is 0 Å². The van der Waals surface area contributed by atoms with Crippen molar-refractivity contribution in [2.45, 2.75) is 0 Å². The van der Waals surface area contributed by atoms with Crippen LogP contribution < -0.4 is 9.80 Å². The molecule has 14 rings (SSSR count). The molecule has 4 nitrogen and oxygen atoms in total. The quantitative estimate of drug-likeness (QED) is 0.134. The molecule has 0 aliphatic carbocycles. The van der Waals surface area contributed by atoms with Gasteiger partial charge in [-0.15, -0.1) is 0 Å². The van der Waals surface area contributed by atoms with Crippen LogP contribution in [0.5, 0.6) is 0 Å². The van der Waals surface area contributed by atoms with Gasteiger partial charge in [-0.1, -0.05) is 170 Å². The minimum atomic E-state index is 1.08. The maximum atomic E-state index is 2.47. The Hall–Kier alpha value is -9.64. The predicted octanol–water partition coefficient (Wildman–Crippen LogP) is 18.8. The first-order valence-corrected chi connectivity index (χ1v) is 24.7. The molecule has 0 atom stereocenters. The van der Waals surface area contributed by atoms with Crippen molar-refractivity contribution in [2.24, 2.45) is 0 Å². The Bertz CT molecular complexity index is 4250. The summed E-state index contributed by atoms with van der Waals surface area (Å²) in [5.74, 6) is 0. The fraction of sp³-hybridized carbons (Fsp3) is 0.